The van der Waals surface area contributed by atoms with E-state index in [0.29, 0.717) is 5.56 Å². The van der Waals surface area contributed by atoms with E-state index in [0.717, 1.165) is 35.8 Å². The van der Waals surface area contributed by atoms with Crippen molar-refractivity contribution in [1.29, 1.82) is 5.26 Å². The quantitative estimate of drug-likeness (QED) is 0.845. The van der Waals surface area contributed by atoms with E-state index < -0.39 is 0 Å². The van der Waals surface area contributed by atoms with E-state index in [9.17, 15) is 0 Å². The highest BCUT2D eigenvalue weighted by Crippen LogP contribution is 2.15. The molecule has 0 saturated heterocycles. The van der Waals surface area contributed by atoms with Crippen LogP contribution in [0.25, 0.3) is 0 Å². The van der Waals surface area contributed by atoms with Crippen LogP contribution in [0.2, 0.25) is 0 Å². The number of pyridine rings is 1. The van der Waals surface area contributed by atoms with Gasteiger partial charge in [0.2, 0.25) is 0 Å². The van der Waals surface area contributed by atoms with Crippen molar-refractivity contribution >= 4 is 0 Å². The molecule has 0 amide bonds. The molecule has 0 atom stereocenters. The predicted octanol–water partition coefficient (Wildman–Crippen LogP) is 2.90. The fraction of sp³-hybridized carbons (Fsp3) is 0.294. The van der Waals surface area contributed by atoms with Gasteiger partial charge in [0, 0.05) is 30.9 Å². The van der Waals surface area contributed by atoms with Crippen LogP contribution in [0.4, 0.5) is 0 Å². The van der Waals surface area contributed by atoms with Gasteiger partial charge in [0.15, 0.2) is 0 Å². The Hall–Kier alpha value is -2.38. The second kappa shape index (κ2) is 6.87. The molecule has 0 bridgehead atoms. The Bertz CT molecular complexity index is 661. The molecule has 2 rings (SSSR count). The summed E-state index contributed by atoms with van der Waals surface area (Å²) in [5, 5.41) is 8.93. The topological polar surface area (TPSA) is 49.1 Å². The molecular weight excluding hydrogens is 262 g/mol. The Kier molecular flexibility index (Phi) is 4.91. The zero-order valence-electron chi connectivity index (χ0n) is 12.6. The van der Waals surface area contributed by atoms with Gasteiger partial charge in [-0.2, -0.15) is 5.26 Å². The summed E-state index contributed by atoms with van der Waals surface area (Å²) in [5.74, 6) is 0.831. The molecule has 4 nitrogen and oxygen atoms in total. The molecule has 108 valence electrons. The number of methoxy groups -OCH3 is 1. The zero-order valence-corrected chi connectivity index (χ0v) is 12.6. The number of nitrogens with zero attached hydrogens (tertiary/aromatic N) is 3. The summed E-state index contributed by atoms with van der Waals surface area (Å²) in [4.78, 5) is 6.69. The van der Waals surface area contributed by atoms with E-state index in [-0.39, 0.29) is 0 Å². The molecule has 1 aromatic heterocycles. The maximum atomic E-state index is 8.93. The summed E-state index contributed by atoms with van der Waals surface area (Å²) in [6.07, 6.45) is 0. The van der Waals surface area contributed by atoms with Crippen LogP contribution in [-0.2, 0) is 13.1 Å². The third-order valence-corrected chi connectivity index (χ3v) is 3.16. The van der Waals surface area contributed by atoms with E-state index >= 15 is 0 Å². The molecule has 1 heterocycles. The number of ether oxygens (including phenoxy) is 1. The fourth-order valence-electron chi connectivity index (χ4n) is 2.29. The summed E-state index contributed by atoms with van der Waals surface area (Å²) in [6, 6.07) is 13.7. The summed E-state index contributed by atoms with van der Waals surface area (Å²) in [5.41, 5.74) is 3.74. The molecule has 21 heavy (non-hydrogen) atoms. The maximum absolute atomic E-state index is 8.93. The summed E-state index contributed by atoms with van der Waals surface area (Å²) >= 11 is 0. The predicted molar refractivity (Wildman–Crippen MR) is 81.9 cm³/mol. The van der Waals surface area contributed by atoms with Crippen LogP contribution >= 0.6 is 0 Å². The number of aryl methyl sites for hydroxylation is 1. The van der Waals surface area contributed by atoms with Crippen LogP contribution < -0.4 is 4.74 Å². The van der Waals surface area contributed by atoms with Gasteiger partial charge in [0.05, 0.1) is 24.4 Å². The largest absolute Gasteiger partial charge is 0.497 e. The Morgan fingerprint density at radius 1 is 1.24 bits per heavy atom. The lowest BCUT2D eigenvalue weighted by Gasteiger charge is -2.17. The first-order valence-corrected chi connectivity index (χ1v) is 6.80. The molecule has 0 N–H and O–H groups in total. The minimum absolute atomic E-state index is 0.691. The van der Waals surface area contributed by atoms with Crippen LogP contribution in [0, 0.1) is 18.3 Å². The lowest BCUT2D eigenvalue weighted by Crippen LogP contribution is -2.18. The van der Waals surface area contributed by atoms with Crippen molar-refractivity contribution in [3.8, 4) is 11.8 Å². The second-order valence-corrected chi connectivity index (χ2v) is 5.12. The van der Waals surface area contributed by atoms with Crippen LogP contribution in [0.15, 0.2) is 36.4 Å². The first-order chi connectivity index (χ1) is 10.1. The average molecular weight is 281 g/mol. The van der Waals surface area contributed by atoms with Crippen molar-refractivity contribution in [3.63, 3.8) is 0 Å². The van der Waals surface area contributed by atoms with E-state index in [4.69, 9.17) is 10.00 Å². The Labute approximate surface area is 125 Å². The molecule has 0 aliphatic carbocycles. The van der Waals surface area contributed by atoms with Gasteiger partial charge in [-0.3, -0.25) is 9.88 Å². The lowest BCUT2D eigenvalue weighted by atomic mass is 10.1. The molecule has 0 fully saturated rings. The summed E-state index contributed by atoms with van der Waals surface area (Å²) in [6.45, 7) is 3.46. The average Bonchev–Trinajstić information content (AvgIpc) is 2.46. The Morgan fingerprint density at radius 3 is 2.76 bits per heavy atom. The molecule has 0 saturated carbocycles. The van der Waals surface area contributed by atoms with Crippen molar-refractivity contribution in [1.82, 2.24) is 9.88 Å². The zero-order chi connectivity index (χ0) is 15.2. The SMILES string of the molecule is COc1cc(C)nc(CN(C)Cc2cccc(C#N)c2)c1. The van der Waals surface area contributed by atoms with E-state index in [1.807, 2.05) is 50.4 Å². The van der Waals surface area contributed by atoms with Crippen LogP contribution in [0.1, 0.15) is 22.5 Å². The van der Waals surface area contributed by atoms with Gasteiger partial charge >= 0.3 is 0 Å². The van der Waals surface area contributed by atoms with Crippen molar-refractivity contribution < 1.29 is 4.74 Å². The van der Waals surface area contributed by atoms with Crippen molar-refractivity contribution in [2.45, 2.75) is 20.0 Å². The second-order valence-electron chi connectivity index (χ2n) is 5.12. The van der Waals surface area contributed by atoms with Crippen LogP contribution in [-0.4, -0.2) is 24.0 Å². The molecule has 0 unspecified atom stereocenters. The van der Waals surface area contributed by atoms with Gasteiger partial charge in [-0.25, -0.2) is 0 Å². The first kappa shape index (κ1) is 15.0. The first-order valence-electron chi connectivity index (χ1n) is 6.80. The van der Waals surface area contributed by atoms with Crippen molar-refractivity contribution in [3.05, 3.63) is 58.9 Å². The fourth-order valence-corrected chi connectivity index (χ4v) is 2.29. The van der Waals surface area contributed by atoms with Gasteiger partial charge in [0.25, 0.3) is 0 Å². The van der Waals surface area contributed by atoms with Gasteiger partial charge in [0.1, 0.15) is 5.75 Å². The molecule has 0 radical (unpaired) electrons. The smallest absolute Gasteiger partial charge is 0.122 e. The van der Waals surface area contributed by atoms with Gasteiger partial charge < -0.3 is 4.74 Å². The molecule has 0 aliphatic heterocycles. The Morgan fingerprint density at radius 2 is 2.05 bits per heavy atom. The molecule has 4 heteroatoms. The molecular formula is C17H19N3O. The van der Waals surface area contributed by atoms with E-state index in [2.05, 4.69) is 16.0 Å². The monoisotopic (exact) mass is 281 g/mol. The maximum Gasteiger partial charge on any atom is 0.122 e. The highest BCUT2D eigenvalue weighted by atomic mass is 16.5. The summed E-state index contributed by atoms with van der Waals surface area (Å²) < 4.78 is 5.27. The number of rotatable bonds is 5. The van der Waals surface area contributed by atoms with Crippen molar-refractivity contribution in [2.75, 3.05) is 14.2 Å². The number of hydrogen-bond donors (Lipinski definition) is 0. The van der Waals surface area contributed by atoms with Crippen LogP contribution in [0.3, 0.4) is 0 Å². The normalized spacial score (nSPS) is 10.4. The van der Waals surface area contributed by atoms with Crippen molar-refractivity contribution in [2.24, 2.45) is 0 Å². The van der Waals surface area contributed by atoms with E-state index in [1.165, 1.54) is 0 Å². The van der Waals surface area contributed by atoms with Gasteiger partial charge in [-0.05, 0) is 31.7 Å². The molecule has 0 spiro atoms. The number of benzene rings is 1. The molecule has 0 aliphatic rings. The molecule has 1 aromatic carbocycles. The van der Waals surface area contributed by atoms with Crippen LogP contribution in [0.5, 0.6) is 5.75 Å². The van der Waals surface area contributed by atoms with Gasteiger partial charge in [-0.1, -0.05) is 12.1 Å². The Balaban J connectivity index is 2.06. The minimum atomic E-state index is 0.691. The standard InChI is InChI=1S/C17H19N3O/c1-13-7-17(21-3)9-16(19-13)12-20(2)11-15-6-4-5-14(8-15)10-18/h4-9H,11-12H2,1-3H3. The highest BCUT2D eigenvalue weighted by Gasteiger charge is 2.06. The third-order valence-electron chi connectivity index (χ3n) is 3.16. The highest BCUT2D eigenvalue weighted by molar-refractivity contribution is 5.32. The van der Waals surface area contributed by atoms with E-state index in [1.54, 1.807) is 7.11 Å². The minimum Gasteiger partial charge on any atom is -0.497 e. The number of hydrogen-bond acceptors (Lipinski definition) is 4. The van der Waals surface area contributed by atoms with Gasteiger partial charge in [-0.15, -0.1) is 0 Å². The number of nitriles is 1. The summed E-state index contributed by atoms with van der Waals surface area (Å²) in [7, 11) is 3.70. The lowest BCUT2D eigenvalue weighted by molar-refractivity contribution is 0.313. The number of aromatic nitrogens is 1. The third kappa shape index (κ3) is 4.30. The molecule has 2 aromatic rings.